The first-order valence-corrected chi connectivity index (χ1v) is 5.78. The number of pyridine rings is 1. The van der Waals surface area contributed by atoms with Crippen LogP contribution in [0.4, 0.5) is 0 Å². The minimum Gasteiger partial charge on any atom is -0.365 e. The molecule has 0 radical (unpaired) electrons. The van der Waals surface area contributed by atoms with Crippen LogP contribution in [-0.2, 0) is 13.5 Å². The van der Waals surface area contributed by atoms with Gasteiger partial charge in [-0.05, 0) is 18.1 Å². The Morgan fingerprint density at radius 1 is 1.56 bits per heavy atom. The maximum Gasteiger partial charge on any atom is 0.268 e. The van der Waals surface area contributed by atoms with Crippen molar-refractivity contribution in [3.8, 4) is 0 Å². The van der Waals surface area contributed by atoms with E-state index in [1.165, 1.54) is 15.9 Å². The molecule has 4 nitrogen and oxygen atoms in total. The molecule has 0 aliphatic heterocycles. The van der Waals surface area contributed by atoms with Gasteiger partial charge in [-0.25, -0.2) is 0 Å². The van der Waals surface area contributed by atoms with Crippen LogP contribution in [0.15, 0.2) is 17.1 Å². The second kappa shape index (κ2) is 3.75. The lowest BCUT2D eigenvalue weighted by Crippen LogP contribution is -2.14. The van der Waals surface area contributed by atoms with Crippen molar-refractivity contribution in [2.24, 2.45) is 12.8 Å². The maximum atomic E-state index is 11.9. The molecule has 2 N–H and O–H groups in total. The SMILES string of the molecule is CCc1c(C(N)=O)sc2c(=O)n(C)ccc12. The molecule has 0 saturated carbocycles. The molecule has 0 unspecified atom stereocenters. The van der Waals surface area contributed by atoms with E-state index in [0.29, 0.717) is 16.0 Å². The van der Waals surface area contributed by atoms with Gasteiger partial charge in [-0.1, -0.05) is 6.92 Å². The molecule has 0 saturated heterocycles. The number of aromatic nitrogens is 1. The van der Waals surface area contributed by atoms with Crippen LogP contribution in [-0.4, -0.2) is 10.5 Å². The summed E-state index contributed by atoms with van der Waals surface area (Å²) >= 11 is 1.19. The number of rotatable bonds is 2. The lowest BCUT2D eigenvalue weighted by atomic mass is 10.1. The lowest BCUT2D eigenvalue weighted by Gasteiger charge is -1.98. The Balaban J connectivity index is 2.92. The summed E-state index contributed by atoms with van der Waals surface area (Å²) in [5.41, 5.74) is 6.11. The number of nitrogens with two attached hydrogens (primary N) is 1. The Labute approximate surface area is 96.3 Å². The molecular weight excluding hydrogens is 224 g/mol. The first-order valence-electron chi connectivity index (χ1n) is 4.97. The van der Waals surface area contributed by atoms with Crippen molar-refractivity contribution in [3.63, 3.8) is 0 Å². The molecule has 0 bridgehead atoms. The van der Waals surface area contributed by atoms with Crippen molar-refractivity contribution in [2.45, 2.75) is 13.3 Å². The van der Waals surface area contributed by atoms with E-state index in [1.807, 2.05) is 13.0 Å². The number of carbonyl (C=O) groups excluding carboxylic acids is 1. The third-order valence-electron chi connectivity index (χ3n) is 2.60. The summed E-state index contributed by atoms with van der Waals surface area (Å²) in [6.45, 7) is 1.95. The van der Waals surface area contributed by atoms with Gasteiger partial charge in [0.05, 0.1) is 4.88 Å². The zero-order valence-corrected chi connectivity index (χ0v) is 9.93. The number of primary amides is 1. The summed E-state index contributed by atoms with van der Waals surface area (Å²) in [5, 5.41) is 0.851. The number of thiophene rings is 1. The van der Waals surface area contributed by atoms with Gasteiger partial charge in [0.15, 0.2) is 0 Å². The molecule has 0 atom stereocenters. The molecule has 84 valence electrons. The van der Waals surface area contributed by atoms with Gasteiger partial charge in [-0.3, -0.25) is 9.59 Å². The lowest BCUT2D eigenvalue weighted by molar-refractivity contribution is 0.100. The Morgan fingerprint density at radius 3 is 2.81 bits per heavy atom. The third-order valence-corrected chi connectivity index (χ3v) is 3.86. The van der Waals surface area contributed by atoms with Crippen LogP contribution in [0.25, 0.3) is 10.1 Å². The Morgan fingerprint density at radius 2 is 2.25 bits per heavy atom. The van der Waals surface area contributed by atoms with E-state index in [4.69, 9.17) is 5.73 Å². The highest BCUT2D eigenvalue weighted by atomic mass is 32.1. The summed E-state index contributed by atoms with van der Waals surface area (Å²) in [7, 11) is 1.69. The number of aryl methyl sites for hydroxylation is 2. The van der Waals surface area contributed by atoms with E-state index >= 15 is 0 Å². The summed E-state index contributed by atoms with van der Waals surface area (Å²) in [6.07, 6.45) is 2.41. The fraction of sp³-hybridized carbons (Fsp3) is 0.273. The minimum atomic E-state index is -0.458. The van der Waals surface area contributed by atoms with Gasteiger partial charge in [0.1, 0.15) is 4.70 Å². The number of hydrogen-bond donors (Lipinski definition) is 1. The molecule has 16 heavy (non-hydrogen) atoms. The zero-order chi connectivity index (χ0) is 11.9. The standard InChI is InChI=1S/C11H12N2O2S/c1-3-6-7-4-5-13(2)11(15)9(7)16-8(6)10(12)14/h4-5H,3H2,1-2H3,(H2,12,14). The number of amides is 1. The van der Waals surface area contributed by atoms with Crippen LogP contribution in [0.3, 0.4) is 0 Å². The van der Waals surface area contributed by atoms with Gasteiger partial charge in [-0.2, -0.15) is 0 Å². The van der Waals surface area contributed by atoms with E-state index < -0.39 is 5.91 Å². The van der Waals surface area contributed by atoms with Gasteiger partial charge in [-0.15, -0.1) is 11.3 Å². The van der Waals surface area contributed by atoms with Gasteiger partial charge < -0.3 is 10.3 Å². The Kier molecular flexibility index (Phi) is 2.55. The summed E-state index contributed by atoms with van der Waals surface area (Å²) in [5.74, 6) is -0.458. The largest absolute Gasteiger partial charge is 0.365 e. The molecule has 0 aliphatic rings. The van der Waals surface area contributed by atoms with Crippen LogP contribution in [0.5, 0.6) is 0 Å². The van der Waals surface area contributed by atoms with Gasteiger partial charge >= 0.3 is 0 Å². The number of hydrogen-bond acceptors (Lipinski definition) is 3. The van der Waals surface area contributed by atoms with Crippen molar-refractivity contribution < 1.29 is 4.79 Å². The van der Waals surface area contributed by atoms with Crippen LogP contribution in [0, 0.1) is 0 Å². The molecule has 1 amide bonds. The van der Waals surface area contributed by atoms with Crippen LogP contribution in [0.1, 0.15) is 22.2 Å². The number of carbonyl (C=O) groups is 1. The molecule has 5 heteroatoms. The van der Waals surface area contributed by atoms with Crippen molar-refractivity contribution in [3.05, 3.63) is 33.1 Å². The van der Waals surface area contributed by atoms with E-state index in [1.54, 1.807) is 13.2 Å². The van der Waals surface area contributed by atoms with Gasteiger partial charge in [0.2, 0.25) is 0 Å². The Bertz CT molecular complexity index is 625. The van der Waals surface area contributed by atoms with E-state index in [-0.39, 0.29) is 5.56 Å². The average Bonchev–Trinajstić information content (AvgIpc) is 2.62. The number of nitrogens with zero attached hydrogens (tertiary/aromatic N) is 1. The quantitative estimate of drug-likeness (QED) is 0.853. The van der Waals surface area contributed by atoms with Crippen molar-refractivity contribution >= 4 is 27.3 Å². The van der Waals surface area contributed by atoms with Crippen molar-refractivity contribution in [1.82, 2.24) is 4.57 Å². The molecule has 2 heterocycles. The monoisotopic (exact) mass is 236 g/mol. The topological polar surface area (TPSA) is 65.1 Å². The average molecular weight is 236 g/mol. The van der Waals surface area contributed by atoms with Crippen molar-refractivity contribution in [2.75, 3.05) is 0 Å². The van der Waals surface area contributed by atoms with Gasteiger partial charge in [0, 0.05) is 18.6 Å². The molecule has 0 aliphatic carbocycles. The first-order chi connectivity index (χ1) is 7.56. The fourth-order valence-corrected chi connectivity index (χ4v) is 2.99. The number of fused-ring (bicyclic) bond motifs is 1. The van der Waals surface area contributed by atoms with Crippen molar-refractivity contribution in [1.29, 1.82) is 0 Å². The molecule has 2 aromatic rings. The molecule has 0 spiro atoms. The minimum absolute atomic E-state index is 0.0790. The third kappa shape index (κ3) is 1.44. The first kappa shape index (κ1) is 10.9. The molecule has 2 rings (SSSR count). The van der Waals surface area contributed by atoms with E-state index in [0.717, 1.165) is 10.9 Å². The Hall–Kier alpha value is -1.62. The zero-order valence-electron chi connectivity index (χ0n) is 9.11. The molecule has 2 aromatic heterocycles. The second-order valence-electron chi connectivity index (χ2n) is 3.60. The van der Waals surface area contributed by atoms with E-state index in [9.17, 15) is 9.59 Å². The summed E-state index contributed by atoms with van der Waals surface area (Å²) in [6, 6.07) is 1.86. The smallest absolute Gasteiger partial charge is 0.268 e. The van der Waals surface area contributed by atoms with Gasteiger partial charge in [0.25, 0.3) is 11.5 Å². The van der Waals surface area contributed by atoms with Crippen LogP contribution < -0.4 is 11.3 Å². The molecule has 0 fully saturated rings. The second-order valence-corrected chi connectivity index (χ2v) is 4.62. The summed E-state index contributed by atoms with van der Waals surface area (Å²) in [4.78, 5) is 23.6. The van der Waals surface area contributed by atoms with E-state index in [2.05, 4.69) is 0 Å². The predicted molar refractivity (Wildman–Crippen MR) is 65.0 cm³/mol. The predicted octanol–water partition coefficient (Wildman–Crippen LogP) is 1.26. The molecule has 0 aromatic carbocycles. The highest BCUT2D eigenvalue weighted by Crippen LogP contribution is 2.28. The molecular formula is C11H12N2O2S. The normalized spacial score (nSPS) is 10.9. The highest BCUT2D eigenvalue weighted by molar-refractivity contribution is 7.21. The highest BCUT2D eigenvalue weighted by Gasteiger charge is 2.16. The van der Waals surface area contributed by atoms with Crippen LogP contribution >= 0.6 is 11.3 Å². The maximum absolute atomic E-state index is 11.9. The van der Waals surface area contributed by atoms with Crippen LogP contribution in [0.2, 0.25) is 0 Å². The fourth-order valence-electron chi connectivity index (χ4n) is 1.78. The summed E-state index contributed by atoms with van der Waals surface area (Å²) < 4.78 is 2.11.